The third-order valence-electron chi connectivity index (χ3n) is 4.96. The van der Waals surface area contributed by atoms with E-state index in [2.05, 4.69) is 77.6 Å². The second-order valence-corrected chi connectivity index (χ2v) is 8.30. The van der Waals surface area contributed by atoms with Crippen LogP contribution in [-0.4, -0.2) is 16.2 Å². The van der Waals surface area contributed by atoms with Gasteiger partial charge in [0.1, 0.15) is 0 Å². The number of benzene rings is 3. The van der Waals surface area contributed by atoms with Crippen molar-refractivity contribution in [2.24, 2.45) is 0 Å². The molecule has 0 radical (unpaired) electrons. The minimum atomic E-state index is 0.0156. The number of rotatable bonds is 6. The van der Waals surface area contributed by atoms with Gasteiger partial charge in [-0.3, -0.25) is 4.79 Å². The highest BCUT2D eigenvalue weighted by atomic mass is 32.2. The Labute approximate surface area is 175 Å². The number of hydrogen-bond donors (Lipinski definition) is 1. The Balaban J connectivity index is 1.50. The number of aryl methyl sites for hydroxylation is 2. The average Bonchev–Trinajstić information content (AvgIpc) is 3.07. The van der Waals surface area contributed by atoms with Crippen LogP contribution < -0.4 is 5.32 Å². The van der Waals surface area contributed by atoms with Crippen LogP contribution in [-0.2, 0) is 11.3 Å². The first-order chi connectivity index (χ1) is 14.1. The van der Waals surface area contributed by atoms with E-state index < -0.39 is 0 Å². The number of para-hydroxylation sites is 1. The quantitative estimate of drug-likeness (QED) is 0.401. The van der Waals surface area contributed by atoms with Crippen molar-refractivity contribution in [3.63, 3.8) is 0 Å². The molecule has 0 saturated heterocycles. The fourth-order valence-electron chi connectivity index (χ4n) is 3.52. The minimum Gasteiger partial charge on any atom is -0.342 e. The van der Waals surface area contributed by atoms with Crippen molar-refractivity contribution in [2.75, 3.05) is 11.1 Å². The summed E-state index contributed by atoms with van der Waals surface area (Å²) in [5.74, 6) is 0.397. The molecule has 1 N–H and O–H groups in total. The zero-order valence-electron chi connectivity index (χ0n) is 16.7. The molecule has 1 aromatic heterocycles. The summed E-state index contributed by atoms with van der Waals surface area (Å²) in [7, 11) is 0. The largest absolute Gasteiger partial charge is 0.342 e. The van der Waals surface area contributed by atoms with Gasteiger partial charge in [0.2, 0.25) is 5.91 Å². The molecule has 0 aliphatic heterocycles. The number of nitrogens with one attached hydrogen (secondary N) is 1. The van der Waals surface area contributed by atoms with E-state index in [1.807, 2.05) is 25.1 Å². The molecule has 4 aromatic rings. The molecule has 146 valence electrons. The number of carbonyl (C=O) groups excluding carboxylic acids is 1. The lowest BCUT2D eigenvalue weighted by Gasteiger charge is -2.08. The van der Waals surface area contributed by atoms with Crippen LogP contribution >= 0.6 is 11.8 Å². The number of carbonyl (C=O) groups is 1. The Morgan fingerprint density at radius 1 is 0.966 bits per heavy atom. The first-order valence-electron chi connectivity index (χ1n) is 9.72. The van der Waals surface area contributed by atoms with Gasteiger partial charge in [-0.2, -0.15) is 0 Å². The van der Waals surface area contributed by atoms with Crippen LogP contribution in [0.15, 0.2) is 83.9 Å². The predicted molar refractivity (Wildman–Crippen MR) is 123 cm³/mol. The van der Waals surface area contributed by atoms with Crippen LogP contribution in [0.2, 0.25) is 0 Å². The monoisotopic (exact) mass is 400 g/mol. The highest BCUT2D eigenvalue weighted by Gasteiger charge is 2.12. The van der Waals surface area contributed by atoms with Crippen molar-refractivity contribution in [3.05, 3.63) is 95.7 Å². The smallest absolute Gasteiger partial charge is 0.234 e. The zero-order valence-corrected chi connectivity index (χ0v) is 17.5. The Morgan fingerprint density at radius 3 is 2.52 bits per heavy atom. The third-order valence-corrected chi connectivity index (χ3v) is 6.01. The number of hydrogen-bond acceptors (Lipinski definition) is 2. The standard InChI is InChI=1S/C25H24N2OS/c1-18-12-13-22(19(2)14-18)26-25(28)17-29-24-16-27(15-20-8-4-3-5-9-20)23-11-7-6-10-21(23)24/h3-14,16H,15,17H2,1-2H3,(H,26,28). The lowest BCUT2D eigenvalue weighted by Crippen LogP contribution is -2.14. The van der Waals surface area contributed by atoms with Gasteiger partial charge in [-0.15, -0.1) is 11.8 Å². The molecule has 0 atom stereocenters. The maximum absolute atomic E-state index is 12.5. The summed E-state index contributed by atoms with van der Waals surface area (Å²) < 4.78 is 2.26. The van der Waals surface area contributed by atoms with E-state index in [-0.39, 0.29) is 5.91 Å². The Bertz CT molecular complexity index is 1150. The molecular weight excluding hydrogens is 376 g/mol. The summed E-state index contributed by atoms with van der Waals surface area (Å²) in [4.78, 5) is 13.6. The van der Waals surface area contributed by atoms with Crippen molar-refractivity contribution in [3.8, 4) is 0 Å². The average molecular weight is 401 g/mol. The van der Waals surface area contributed by atoms with Crippen LogP contribution in [0.3, 0.4) is 0 Å². The highest BCUT2D eigenvalue weighted by Crippen LogP contribution is 2.30. The van der Waals surface area contributed by atoms with Gasteiger partial charge in [0.15, 0.2) is 0 Å². The fraction of sp³-hybridized carbons (Fsp3) is 0.160. The number of thioether (sulfide) groups is 1. The SMILES string of the molecule is Cc1ccc(NC(=O)CSc2cn(Cc3ccccc3)c3ccccc23)c(C)c1. The molecule has 29 heavy (non-hydrogen) atoms. The molecule has 0 unspecified atom stereocenters. The van der Waals surface area contributed by atoms with Gasteiger partial charge in [0.05, 0.1) is 5.75 Å². The van der Waals surface area contributed by atoms with Crippen molar-refractivity contribution < 1.29 is 4.79 Å². The third kappa shape index (κ3) is 4.54. The molecule has 3 aromatic carbocycles. The summed E-state index contributed by atoms with van der Waals surface area (Å²) in [6, 6.07) is 24.9. The second kappa shape index (κ2) is 8.58. The lowest BCUT2D eigenvalue weighted by molar-refractivity contribution is -0.113. The Hall–Kier alpha value is -2.98. The number of anilines is 1. The van der Waals surface area contributed by atoms with Gasteiger partial charge in [-0.25, -0.2) is 0 Å². The lowest BCUT2D eigenvalue weighted by atomic mass is 10.1. The fourth-order valence-corrected chi connectivity index (χ4v) is 4.41. The molecule has 0 bridgehead atoms. The van der Waals surface area contributed by atoms with Gasteiger partial charge in [-0.1, -0.05) is 66.2 Å². The molecule has 0 fully saturated rings. The van der Waals surface area contributed by atoms with Crippen LogP contribution in [0.1, 0.15) is 16.7 Å². The van der Waals surface area contributed by atoms with E-state index in [9.17, 15) is 4.79 Å². The molecule has 0 saturated carbocycles. The van der Waals surface area contributed by atoms with Crippen molar-refractivity contribution in [2.45, 2.75) is 25.3 Å². The Morgan fingerprint density at radius 2 is 1.72 bits per heavy atom. The first kappa shape index (κ1) is 19.3. The molecule has 0 spiro atoms. The minimum absolute atomic E-state index is 0.0156. The van der Waals surface area contributed by atoms with Gasteiger partial charge in [-0.05, 0) is 37.1 Å². The zero-order chi connectivity index (χ0) is 20.2. The van der Waals surface area contributed by atoms with Gasteiger partial charge < -0.3 is 9.88 Å². The van der Waals surface area contributed by atoms with Crippen LogP contribution in [0.4, 0.5) is 5.69 Å². The van der Waals surface area contributed by atoms with E-state index >= 15 is 0 Å². The van der Waals surface area contributed by atoms with Gasteiger partial charge >= 0.3 is 0 Å². The summed E-state index contributed by atoms with van der Waals surface area (Å²) in [6.07, 6.45) is 2.16. The predicted octanol–water partition coefficient (Wildman–Crippen LogP) is 6.04. The summed E-state index contributed by atoms with van der Waals surface area (Å²) in [6.45, 7) is 4.89. The van der Waals surface area contributed by atoms with Crippen molar-refractivity contribution in [1.82, 2.24) is 4.57 Å². The van der Waals surface area contributed by atoms with Crippen LogP contribution in [0.25, 0.3) is 10.9 Å². The maximum atomic E-state index is 12.5. The molecular formula is C25H24N2OS. The van der Waals surface area contributed by atoms with E-state index in [4.69, 9.17) is 0 Å². The Kier molecular flexibility index (Phi) is 5.72. The summed E-state index contributed by atoms with van der Waals surface area (Å²) in [5, 5.41) is 4.22. The second-order valence-electron chi connectivity index (χ2n) is 7.28. The number of amides is 1. The topological polar surface area (TPSA) is 34.0 Å². The molecule has 0 aliphatic rings. The summed E-state index contributed by atoms with van der Waals surface area (Å²) >= 11 is 1.58. The highest BCUT2D eigenvalue weighted by molar-refractivity contribution is 8.00. The first-order valence-corrected chi connectivity index (χ1v) is 10.7. The molecule has 4 rings (SSSR count). The van der Waals surface area contributed by atoms with Crippen LogP contribution in [0.5, 0.6) is 0 Å². The molecule has 0 aliphatic carbocycles. The van der Waals surface area contributed by atoms with Gasteiger partial charge in [0.25, 0.3) is 0 Å². The number of nitrogens with zero attached hydrogens (tertiary/aromatic N) is 1. The maximum Gasteiger partial charge on any atom is 0.234 e. The number of aromatic nitrogens is 1. The molecule has 3 nitrogen and oxygen atoms in total. The van der Waals surface area contributed by atoms with Crippen molar-refractivity contribution >= 4 is 34.3 Å². The molecule has 1 heterocycles. The van der Waals surface area contributed by atoms with Crippen LogP contribution in [0, 0.1) is 13.8 Å². The van der Waals surface area contributed by atoms with E-state index in [1.165, 1.54) is 22.0 Å². The summed E-state index contributed by atoms with van der Waals surface area (Å²) in [5.41, 5.74) is 5.61. The van der Waals surface area contributed by atoms with Crippen molar-refractivity contribution in [1.29, 1.82) is 0 Å². The number of fused-ring (bicyclic) bond motifs is 1. The van der Waals surface area contributed by atoms with E-state index in [0.717, 1.165) is 22.7 Å². The normalized spacial score (nSPS) is 11.0. The molecule has 4 heteroatoms. The van der Waals surface area contributed by atoms with Gasteiger partial charge in [0, 0.05) is 34.2 Å². The van der Waals surface area contributed by atoms with E-state index in [1.54, 1.807) is 11.8 Å². The molecule has 1 amide bonds. The van der Waals surface area contributed by atoms with E-state index in [0.29, 0.717) is 5.75 Å².